The maximum absolute atomic E-state index is 13.3. The lowest BCUT2D eigenvalue weighted by Gasteiger charge is -2.34. The second-order valence-electron chi connectivity index (χ2n) is 7.85. The Morgan fingerprint density at radius 1 is 1.23 bits per heavy atom. The highest BCUT2D eigenvalue weighted by molar-refractivity contribution is 8.09. The van der Waals surface area contributed by atoms with Gasteiger partial charge in [0.15, 0.2) is 0 Å². The fourth-order valence-corrected chi connectivity index (χ4v) is 5.62. The molecule has 3 aliphatic rings. The number of ether oxygens (including phenoxy) is 2. The molecule has 2 fully saturated rings. The molecule has 3 aliphatic heterocycles. The molecule has 3 atom stereocenters. The van der Waals surface area contributed by atoms with E-state index in [1.807, 2.05) is 48.5 Å². The maximum atomic E-state index is 13.3. The third-order valence-corrected chi connectivity index (χ3v) is 7.48. The Bertz CT molecular complexity index is 1030. The number of nitrogens with zero attached hydrogens (tertiary/aromatic N) is 2. The van der Waals surface area contributed by atoms with Gasteiger partial charge in [-0.15, -0.1) is 11.8 Å². The van der Waals surface area contributed by atoms with Gasteiger partial charge in [-0.25, -0.2) is 0 Å². The first-order valence-electron chi connectivity index (χ1n) is 10.2. The van der Waals surface area contributed by atoms with Crippen LogP contribution in [0.4, 0.5) is 11.4 Å². The minimum absolute atomic E-state index is 0.0212. The SMILES string of the molecule is COc1cc(N2COC3C=C(c4ccc(Cl)cc4)SC3C2=O)ccc1N1CC[C@@H](O)C1. The minimum atomic E-state index is -0.321. The molecule has 0 radical (unpaired) electrons. The Morgan fingerprint density at radius 3 is 2.74 bits per heavy atom. The third kappa shape index (κ3) is 3.91. The van der Waals surface area contributed by atoms with Crippen LogP contribution in [-0.2, 0) is 9.53 Å². The number of aliphatic hydroxyl groups excluding tert-OH is 1. The third-order valence-electron chi connectivity index (χ3n) is 5.88. The number of carbonyl (C=O) groups is 1. The summed E-state index contributed by atoms with van der Waals surface area (Å²) in [6.07, 6.45) is 2.20. The standard InChI is InChI=1S/C23H23ClN2O4S/c1-29-19-10-16(6-7-18(19)25-9-8-17(27)12-25)26-13-30-20-11-21(31-22(20)23(26)28)14-2-4-15(24)5-3-14/h2-7,10-11,17,20,22,27H,8-9,12-13H2,1H3/t17-,20?,22?/m1/s1. The summed E-state index contributed by atoms with van der Waals surface area (Å²) in [6, 6.07) is 13.3. The highest BCUT2D eigenvalue weighted by Gasteiger charge is 2.42. The normalized spacial score (nSPS) is 25.6. The smallest absolute Gasteiger partial charge is 0.245 e. The monoisotopic (exact) mass is 458 g/mol. The highest BCUT2D eigenvalue weighted by Crippen LogP contribution is 2.44. The summed E-state index contributed by atoms with van der Waals surface area (Å²) in [5, 5.41) is 10.2. The summed E-state index contributed by atoms with van der Waals surface area (Å²) < 4.78 is 11.6. The van der Waals surface area contributed by atoms with E-state index in [1.165, 1.54) is 11.8 Å². The summed E-state index contributed by atoms with van der Waals surface area (Å²) in [4.78, 5) is 18.1. The lowest BCUT2D eigenvalue weighted by Crippen LogP contribution is -2.49. The van der Waals surface area contributed by atoms with E-state index in [-0.39, 0.29) is 30.1 Å². The molecule has 2 unspecified atom stereocenters. The van der Waals surface area contributed by atoms with Gasteiger partial charge in [0.1, 0.15) is 23.8 Å². The molecule has 6 nitrogen and oxygen atoms in total. The fraction of sp³-hybridized carbons (Fsp3) is 0.348. The first kappa shape index (κ1) is 20.7. The number of fused-ring (bicyclic) bond motifs is 1. The number of halogens is 1. The van der Waals surface area contributed by atoms with Crippen molar-refractivity contribution in [1.29, 1.82) is 0 Å². The van der Waals surface area contributed by atoms with Crippen molar-refractivity contribution in [2.75, 3.05) is 36.7 Å². The first-order valence-corrected chi connectivity index (χ1v) is 11.5. The predicted octanol–water partition coefficient (Wildman–Crippen LogP) is 3.77. The zero-order valence-corrected chi connectivity index (χ0v) is 18.6. The van der Waals surface area contributed by atoms with Crippen molar-refractivity contribution in [2.45, 2.75) is 23.9 Å². The molecule has 2 saturated heterocycles. The summed E-state index contributed by atoms with van der Waals surface area (Å²) in [6.45, 7) is 1.55. The van der Waals surface area contributed by atoms with Crippen LogP contribution in [0, 0.1) is 0 Å². The first-order chi connectivity index (χ1) is 15.0. The van der Waals surface area contributed by atoms with Crippen LogP contribution in [0.3, 0.4) is 0 Å². The molecule has 0 saturated carbocycles. The zero-order valence-electron chi connectivity index (χ0n) is 17.0. The van der Waals surface area contributed by atoms with E-state index in [4.69, 9.17) is 21.1 Å². The van der Waals surface area contributed by atoms with Gasteiger partial charge in [0, 0.05) is 34.8 Å². The Labute approximate surface area is 190 Å². The molecule has 162 valence electrons. The Hall–Kier alpha value is -2.19. The molecule has 2 aromatic rings. The molecule has 1 N–H and O–H groups in total. The molecule has 0 bridgehead atoms. The number of aliphatic hydroxyl groups is 1. The molecule has 1 amide bonds. The highest BCUT2D eigenvalue weighted by atomic mass is 35.5. The lowest BCUT2D eigenvalue weighted by molar-refractivity contribution is -0.125. The van der Waals surface area contributed by atoms with Crippen LogP contribution in [-0.4, -0.2) is 55.4 Å². The van der Waals surface area contributed by atoms with Gasteiger partial charge in [0.05, 0.1) is 18.9 Å². The van der Waals surface area contributed by atoms with E-state index in [0.717, 1.165) is 34.8 Å². The van der Waals surface area contributed by atoms with Crippen molar-refractivity contribution in [2.24, 2.45) is 0 Å². The van der Waals surface area contributed by atoms with Gasteiger partial charge in [0.25, 0.3) is 0 Å². The molecule has 3 heterocycles. The average Bonchev–Trinajstić information content (AvgIpc) is 3.41. The van der Waals surface area contributed by atoms with E-state index in [0.29, 0.717) is 17.3 Å². The van der Waals surface area contributed by atoms with Gasteiger partial charge >= 0.3 is 0 Å². The van der Waals surface area contributed by atoms with Gasteiger partial charge in [-0.3, -0.25) is 9.69 Å². The van der Waals surface area contributed by atoms with Crippen LogP contribution < -0.4 is 14.5 Å². The van der Waals surface area contributed by atoms with E-state index < -0.39 is 0 Å². The van der Waals surface area contributed by atoms with E-state index in [9.17, 15) is 9.90 Å². The number of amides is 1. The van der Waals surface area contributed by atoms with Crippen molar-refractivity contribution < 1.29 is 19.4 Å². The van der Waals surface area contributed by atoms with Crippen molar-refractivity contribution in [1.82, 2.24) is 0 Å². The topological polar surface area (TPSA) is 62.2 Å². The van der Waals surface area contributed by atoms with Crippen LogP contribution in [0.2, 0.25) is 5.02 Å². The van der Waals surface area contributed by atoms with E-state index in [2.05, 4.69) is 4.90 Å². The summed E-state index contributed by atoms with van der Waals surface area (Å²) in [5.41, 5.74) is 2.70. The molecule has 5 rings (SSSR count). The fourth-order valence-electron chi connectivity index (χ4n) is 4.22. The number of β-amino-alcohol motifs (C(OH)–C–C–N with tert-alkyl or cyclic N) is 1. The van der Waals surface area contributed by atoms with Gasteiger partial charge in [-0.05, 0) is 42.3 Å². The molecular formula is C23H23ClN2O4S. The number of hydrogen-bond acceptors (Lipinski definition) is 6. The second kappa shape index (κ2) is 8.39. The average molecular weight is 459 g/mol. The second-order valence-corrected chi connectivity index (χ2v) is 9.47. The number of rotatable bonds is 4. The minimum Gasteiger partial charge on any atom is -0.495 e. The summed E-state index contributed by atoms with van der Waals surface area (Å²) >= 11 is 7.53. The number of methoxy groups -OCH3 is 1. The van der Waals surface area contributed by atoms with Gasteiger partial charge in [-0.2, -0.15) is 0 Å². The van der Waals surface area contributed by atoms with Crippen LogP contribution >= 0.6 is 23.4 Å². The van der Waals surface area contributed by atoms with Gasteiger partial charge in [-0.1, -0.05) is 23.7 Å². The number of benzene rings is 2. The zero-order chi connectivity index (χ0) is 21.5. The number of thioether (sulfide) groups is 1. The summed E-state index contributed by atoms with van der Waals surface area (Å²) in [5.74, 6) is 0.702. The van der Waals surface area contributed by atoms with Crippen molar-refractivity contribution in [3.8, 4) is 5.75 Å². The molecule has 31 heavy (non-hydrogen) atoms. The van der Waals surface area contributed by atoms with Crippen LogP contribution in [0.25, 0.3) is 4.91 Å². The van der Waals surface area contributed by atoms with Crippen molar-refractivity contribution in [3.63, 3.8) is 0 Å². The number of hydrogen-bond donors (Lipinski definition) is 1. The van der Waals surface area contributed by atoms with Crippen molar-refractivity contribution in [3.05, 3.63) is 59.1 Å². The molecule has 2 aromatic carbocycles. The van der Waals surface area contributed by atoms with Crippen LogP contribution in [0.1, 0.15) is 12.0 Å². The maximum Gasteiger partial charge on any atom is 0.245 e. The van der Waals surface area contributed by atoms with Crippen molar-refractivity contribution >= 4 is 45.5 Å². The quantitative estimate of drug-likeness (QED) is 0.752. The van der Waals surface area contributed by atoms with Gasteiger partial charge < -0.3 is 19.5 Å². The predicted molar refractivity (Wildman–Crippen MR) is 124 cm³/mol. The Balaban J connectivity index is 1.35. The molecule has 0 aliphatic carbocycles. The van der Waals surface area contributed by atoms with Crippen LogP contribution in [0.5, 0.6) is 5.75 Å². The number of anilines is 2. The van der Waals surface area contributed by atoms with E-state index >= 15 is 0 Å². The van der Waals surface area contributed by atoms with Gasteiger partial charge in [0.2, 0.25) is 5.91 Å². The largest absolute Gasteiger partial charge is 0.495 e. The number of carbonyl (C=O) groups excluding carboxylic acids is 1. The van der Waals surface area contributed by atoms with E-state index in [1.54, 1.807) is 12.0 Å². The molecule has 0 aromatic heterocycles. The molecule has 0 spiro atoms. The Kier molecular flexibility index (Phi) is 5.60. The Morgan fingerprint density at radius 2 is 2.03 bits per heavy atom. The molecular weight excluding hydrogens is 436 g/mol. The molecule has 8 heteroatoms. The van der Waals surface area contributed by atoms with Crippen LogP contribution in [0.15, 0.2) is 48.5 Å². The summed E-state index contributed by atoms with van der Waals surface area (Å²) in [7, 11) is 1.62. The lowest BCUT2D eigenvalue weighted by atomic mass is 10.1.